The van der Waals surface area contributed by atoms with Crippen LogP contribution in [0.2, 0.25) is 0 Å². The predicted molar refractivity (Wildman–Crippen MR) is 460 cm³/mol. The minimum absolute atomic E-state index is 0. The summed E-state index contributed by atoms with van der Waals surface area (Å²) in [6.07, 6.45) is 13.7. The van der Waals surface area contributed by atoms with Crippen molar-refractivity contribution in [3.63, 3.8) is 0 Å². The number of aromatic nitrogens is 8. The molecule has 0 spiro atoms. The Morgan fingerprint density at radius 1 is 0.328 bits per heavy atom. The van der Waals surface area contributed by atoms with Crippen LogP contribution in [0.25, 0.3) is 66.7 Å². The van der Waals surface area contributed by atoms with E-state index in [1.54, 1.807) is 90.6 Å². The minimum atomic E-state index is -0.990. The summed E-state index contributed by atoms with van der Waals surface area (Å²) < 4.78 is 0. The first-order valence-corrected chi connectivity index (χ1v) is 37.5. The molecule has 0 amide bonds. The number of aryl methyl sites for hydroxylation is 2. The fourth-order valence-electron chi connectivity index (χ4n) is 10.2. The standard InChI is InChI=1S/C13H8N.C13H12N.C12H10N.3C11H8N.2C6H5NO2.3C5H12O2.2Ir.Pd.3Rh/c1-2-6-12-10(4-1)7-8-11-5-3-9-14-13(11)12;1-10-7-11(2)9-12(8-10)13-5-3-4-6-14-13;1-2-6-11(7-3-1)10-12-8-4-5-9-13-12;3*1-2-6-10(7-3-1)11-8-4-5-9-12-11;2*8-6(9)5-3-1-2-4-7-5;3*1-4(6)3-5(2)7;;;;;;/h1-5,7-9H;3-8H,1-2H3;1-6,8-9H,10H2;3*1-6,8-9H;2*1-4H,(H,8,9);3*4-7H,3H2,1-2H3;;;;;;/q6*-1;;;;;;;;;;;. The topological polar surface area (TPSA) is 299 Å². The van der Waals surface area contributed by atoms with Gasteiger partial charge in [-0.15, -0.1) is 178 Å². The molecular weight excluding hydrogens is 2250 g/mol. The number of carboxylic acids is 2. The molecule has 8 heterocycles. The number of aliphatic hydroxyl groups excluding tert-OH is 6. The number of benzene rings is 7. The zero-order valence-corrected chi connectivity index (χ0v) is 79.7. The van der Waals surface area contributed by atoms with Crippen molar-refractivity contribution in [1.82, 2.24) is 39.9 Å². The van der Waals surface area contributed by atoms with Gasteiger partial charge >= 0.3 is 11.9 Å². The molecule has 0 saturated carbocycles. The number of carbonyl (C=O) groups is 2. The number of hydrogen-bond acceptors (Lipinski definition) is 16. The van der Waals surface area contributed by atoms with Crippen LogP contribution in [0.15, 0.2) is 329 Å². The van der Waals surface area contributed by atoms with Crippen molar-refractivity contribution in [2.75, 3.05) is 0 Å². The van der Waals surface area contributed by atoms with Gasteiger partial charge in [0, 0.05) is 174 Å². The van der Waals surface area contributed by atoms with Crippen LogP contribution in [0.1, 0.15) is 104 Å². The van der Waals surface area contributed by atoms with E-state index in [0.29, 0.717) is 19.3 Å². The van der Waals surface area contributed by atoms with Crippen molar-refractivity contribution in [3.05, 3.63) is 399 Å². The van der Waals surface area contributed by atoms with Gasteiger partial charge in [0.05, 0.1) is 36.6 Å². The number of aromatic carboxylic acids is 2. The number of aliphatic hydroxyl groups is 6. The predicted octanol–water partition coefficient (Wildman–Crippen LogP) is 18.4. The van der Waals surface area contributed by atoms with Gasteiger partial charge in [-0.1, -0.05) is 98.8 Å². The molecule has 15 rings (SSSR count). The third-order valence-electron chi connectivity index (χ3n) is 15.1. The van der Waals surface area contributed by atoms with E-state index in [-0.39, 0.29) is 167 Å². The monoisotopic (exact) mass is 2350 g/mol. The second kappa shape index (κ2) is 69.2. The van der Waals surface area contributed by atoms with Gasteiger partial charge in [-0.2, -0.15) is 35.9 Å². The van der Waals surface area contributed by atoms with Gasteiger partial charge in [-0.3, -0.25) is 4.98 Å². The molecule has 18 nitrogen and oxygen atoms in total. The van der Waals surface area contributed by atoms with E-state index >= 15 is 0 Å². The summed E-state index contributed by atoms with van der Waals surface area (Å²) in [6, 6.07) is 108. The first-order valence-electron chi connectivity index (χ1n) is 37.5. The Bertz CT molecular complexity index is 4560. The van der Waals surface area contributed by atoms with Crippen LogP contribution in [0.5, 0.6) is 0 Å². The van der Waals surface area contributed by atoms with Gasteiger partial charge < -0.3 is 65.8 Å². The van der Waals surface area contributed by atoms with Crippen LogP contribution in [0, 0.1) is 50.2 Å². The summed E-state index contributed by atoms with van der Waals surface area (Å²) in [5.41, 5.74) is 14.0. The molecule has 15 aromatic rings. The minimum Gasteiger partial charge on any atom is -0.477 e. The van der Waals surface area contributed by atoms with Crippen LogP contribution in [0.4, 0.5) is 0 Å². The molecule has 6 atom stereocenters. The molecule has 6 unspecified atom stereocenters. The zero-order chi connectivity index (χ0) is 83.9. The van der Waals surface area contributed by atoms with Gasteiger partial charge in [0.2, 0.25) is 0 Å². The first-order chi connectivity index (χ1) is 56.0. The van der Waals surface area contributed by atoms with Gasteiger partial charge in [0.25, 0.3) is 0 Å². The Hall–Kier alpha value is -9.21. The van der Waals surface area contributed by atoms with Gasteiger partial charge in [-0.05, 0) is 168 Å². The molecule has 8 N–H and O–H groups in total. The molecule has 0 aliphatic heterocycles. The number of carboxylic acid groups (broad SMARTS) is 2. The number of pyridine rings is 8. The molecule has 8 aromatic heterocycles. The van der Waals surface area contributed by atoms with Crippen molar-refractivity contribution >= 4 is 33.6 Å². The van der Waals surface area contributed by atoms with E-state index in [4.69, 9.17) is 40.9 Å². The summed E-state index contributed by atoms with van der Waals surface area (Å²) in [7, 11) is 0. The summed E-state index contributed by atoms with van der Waals surface area (Å²) in [4.78, 5) is 53.0. The summed E-state index contributed by atoms with van der Waals surface area (Å²) in [6.45, 7) is 14.1. The van der Waals surface area contributed by atoms with E-state index in [9.17, 15) is 9.59 Å². The Morgan fingerprint density at radius 3 is 0.959 bits per heavy atom. The fraction of sp³-hybridized carbons (Fsp3) is 0.184. The van der Waals surface area contributed by atoms with E-state index in [1.165, 1.54) is 46.4 Å². The third kappa shape index (κ3) is 51.0. The van der Waals surface area contributed by atoms with Crippen molar-refractivity contribution in [3.8, 4) is 45.0 Å². The van der Waals surface area contributed by atoms with Gasteiger partial charge in [0.1, 0.15) is 11.4 Å². The molecule has 0 bridgehead atoms. The van der Waals surface area contributed by atoms with E-state index in [1.807, 2.05) is 213 Å². The normalized spacial score (nSPS) is 10.9. The molecule has 653 valence electrons. The van der Waals surface area contributed by atoms with Crippen LogP contribution in [0.3, 0.4) is 0 Å². The smallest absolute Gasteiger partial charge is 0.354 e. The molecule has 122 heavy (non-hydrogen) atoms. The molecule has 0 aliphatic carbocycles. The maximum Gasteiger partial charge on any atom is 0.354 e. The average molecular weight is 2350 g/mol. The Labute approximate surface area is 797 Å². The zero-order valence-electron chi connectivity index (χ0n) is 68.4. The molecule has 24 heteroatoms. The number of fused-ring (bicyclic) bond motifs is 3. The van der Waals surface area contributed by atoms with Crippen molar-refractivity contribution < 1.29 is 170 Å². The van der Waals surface area contributed by atoms with Gasteiger partial charge in [-0.25, -0.2) is 19.6 Å². The second-order valence-corrected chi connectivity index (χ2v) is 25.9. The first kappa shape index (κ1) is 115. The quantitative estimate of drug-likeness (QED) is 0.0285. The van der Waals surface area contributed by atoms with Gasteiger partial charge in [0.15, 0.2) is 0 Å². The molecule has 0 aliphatic rings. The third-order valence-corrected chi connectivity index (χ3v) is 15.1. The summed E-state index contributed by atoms with van der Waals surface area (Å²) in [5, 5.41) is 71.5. The van der Waals surface area contributed by atoms with Crippen LogP contribution in [-0.2, 0) is 125 Å². The fourth-order valence-corrected chi connectivity index (χ4v) is 10.2. The maximum atomic E-state index is 10.1. The molecule has 5 radical (unpaired) electrons. The van der Waals surface area contributed by atoms with E-state index in [0.717, 1.165) is 73.6 Å². The van der Waals surface area contributed by atoms with Crippen LogP contribution in [-0.4, -0.2) is 129 Å². The number of hydrogen-bond donors (Lipinski definition) is 8. The second-order valence-electron chi connectivity index (χ2n) is 25.9. The Balaban J connectivity index is 0. The van der Waals surface area contributed by atoms with Crippen molar-refractivity contribution in [2.45, 2.75) is 118 Å². The molecular formula is C98H100Ir2N8O10PdRh3-6. The summed E-state index contributed by atoms with van der Waals surface area (Å²) >= 11 is 0. The van der Waals surface area contributed by atoms with Crippen molar-refractivity contribution in [1.29, 1.82) is 0 Å². The maximum absolute atomic E-state index is 10.1. The van der Waals surface area contributed by atoms with Crippen LogP contribution >= 0.6 is 0 Å². The summed E-state index contributed by atoms with van der Waals surface area (Å²) in [5.74, 6) is -1.98. The average Bonchev–Trinajstić information content (AvgIpc) is 0.797. The number of nitrogens with zero attached hydrogens (tertiary/aromatic N) is 8. The van der Waals surface area contributed by atoms with E-state index < -0.39 is 11.9 Å². The Kier molecular flexibility index (Phi) is 65.2. The molecule has 0 fully saturated rings. The SMILES string of the molecule is CC(O)CC(C)O.CC(O)CC(C)O.CC(O)CC(C)O.Cc1[c-]c(-c2ccccn2)cc(C)c1.O=C(O)c1ccccn1.O=C(O)c1ccccn1.[Ir].[Ir].[Pd].[Rh].[Rh].[Rh].[c-]1cccc2ccc3cccnc3c12.[c-]1ccccc1-c1ccccn1.[c-]1ccccc1-c1ccccn1.[c-]1ccccc1-c1ccccn1.[c-]1ccccc1Cc1ccccn1. The van der Waals surface area contributed by atoms with Crippen LogP contribution < -0.4 is 0 Å². The molecule has 7 aromatic carbocycles. The Morgan fingerprint density at radius 2 is 0.656 bits per heavy atom. The van der Waals surface area contributed by atoms with E-state index in [2.05, 4.69) is 133 Å². The number of rotatable bonds is 14. The molecule has 0 saturated heterocycles. The van der Waals surface area contributed by atoms with Crippen molar-refractivity contribution in [2.24, 2.45) is 0 Å². The largest absolute Gasteiger partial charge is 0.477 e.